The van der Waals surface area contributed by atoms with Crippen molar-refractivity contribution in [3.05, 3.63) is 92.0 Å². The van der Waals surface area contributed by atoms with Crippen molar-refractivity contribution in [2.45, 2.75) is 25.7 Å². The lowest BCUT2D eigenvalue weighted by Gasteiger charge is -2.14. The van der Waals surface area contributed by atoms with E-state index in [-0.39, 0.29) is 15.6 Å². The molecule has 0 aliphatic heterocycles. The van der Waals surface area contributed by atoms with E-state index in [0.29, 0.717) is 16.9 Å². The van der Waals surface area contributed by atoms with E-state index in [1.165, 1.54) is 30.5 Å². The van der Waals surface area contributed by atoms with Crippen LogP contribution in [0.25, 0.3) is 0 Å². The van der Waals surface area contributed by atoms with Crippen molar-refractivity contribution in [1.29, 1.82) is 0 Å². The van der Waals surface area contributed by atoms with E-state index in [0.717, 1.165) is 16.7 Å². The third-order valence-electron chi connectivity index (χ3n) is 4.59. The number of sulfonamides is 1. The van der Waals surface area contributed by atoms with Gasteiger partial charge in [0.2, 0.25) is 0 Å². The molecule has 9 heteroatoms. The summed E-state index contributed by atoms with van der Waals surface area (Å²) < 4.78 is 28.2. The Kier molecular flexibility index (Phi) is 6.42. The average Bonchev–Trinajstić information content (AvgIpc) is 2.70. The van der Waals surface area contributed by atoms with Gasteiger partial charge in [-0.05, 0) is 67.8 Å². The normalized spacial score (nSPS) is 11.6. The first kappa shape index (κ1) is 22.5. The number of anilines is 1. The first-order valence-electron chi connectivity index (χ1n) is 9.25. The quantitative estimate of drug-likeness (QED) is 0.290. The Morgan fingerprint density at radius 1 is 1.00 bits per heavy atom. The van der Waals surface area contributed by atoms with E-state index in [9.17, 15) is 18.5 Å². The zero-order valence-corrected chi connectivity index (χ0v) is 18.7. The minimum absolute atomic E-state index is 0.0447. The molecule has 0 aliphatic rings. The van der Waals surface area contributed by atoms with Crippen molar-refractivity contribution in [3.8, 4) is 0 Å². The second kappa shape index (κ2) is 8.87. The Bertz CT molecular complexity index is 1260. The average molecular weight is 458 g/mol. The SMILES string of the molecule is Cc1cc(C)c(NS(=O)(=O)c2ccc(N=Cc3ccc(Cl)c([N+](=O)[O-])c3)cc2)c(C)c1. The molecule has 160 valence electrons. The molecule has 3 aromatic rings. The van der Waals surface area contributed by atoms with Gasteiger partial charge in [-0.2, -0.15) is 0 Å². The molecule has 1 N–H and O–H groups in total. The summed E-state index contributed by atoms with van der Waals surface area (Å²) in [5.41, 5.74) is 4.11. The Morgan fingerprint density at radius 3 is 2.19 bits per heavy atom. The molecule has 3 aromatic carbocycles. The highest BCUT2D eigenvalue weighted by atomic mass is 35.5. The summed E-state index contributed by atoms with van der Waals surface area (Å²) >= 11 is 5.80. The lowest BCUT2D eigenvalue weighted by Crippen LogP contribution is -2.14. The van der Waals surface area contributed by atoms with Crippen LogP contribution in [0.1, 0.15) is 22.3 Å². The Morgan fingerprint density at radius 2 is 1.61 bits per heavy atom. The van der Waals surface area contributed by atoms with Gasteiger partial charge in [-0.1, -0.05) is 35.4 Å². The molecule has 31 heavy (non-hydrogen) atoms. The maximum Gasteiger partial charge on any atom is 0.288 e. The van der Waals surface area contributed by atoms with Crippen molar-refractivity contribution in [3.63, 3.8) is 0 Å². The number of nitrogens with one attached hydrogen (secondary N) is 1. The number of nitrogens with zero attached hydrogens (tertiary/aromatic N) is 2. The Balaban J connectivity index is 1.81. The highest BCUT2D eigenvalue weighted by Gasteiger charge is 2.17. The number of hydrogen-bond donors (Lipinski definition) is 1. The summed E-state index contributed by atoms with van der Waals surface area (Å²) in [6, 6.07) is 14.2. The van der Waals surface area contributed by atoms with Crippen LogP contribution in [0.5, 0.6) is 0 Å². The highest BCUT2D eigenvalue weighted by Crippen LogP contribution is 2.27. The second-order valence-corrected chi connectivity index (χ2v) is 9.19. The monoisotopic (exact) mass is 457 g/mol. The fourth-order valence-corrected chi connectivity index (χ4v) is 4.53. The molecule has 0 saturated heterocycles. The lowest BCUT2D eigenvalue weighted by atomic mass is 10.1. The van der Waals surface area contributed by atoms with Crippen LogP contribution in [0.2, 0.25) is 5.02 Å². The number of nitro groups is 1. The molecule has 0 fully saturated rings. The van der Waals surface area contributed by atoms with Crippen molar-refractivity contribution in [2.24, 2.45) is 4.99 Å². The first-order chi connectivity index (χ1) is 14.6. The van der Waals surface area contributed by atoms with E-state index in [1.54, 1.807) is 18.2 Å². The zero-order valence-electron chi connectivity index (χ0n) is 17.1. The van der Waals surface area contributed by atoms with Crippen LogP contribution in [0.3, 0.4) is 0 Å². The van der Waals surface area contributed by atoms with E-state index in [2.05, 4.69) is 9.71 Å². The van der Waals surface area contributed by atoms with Gasteiger partial charge in [0.05, 0.1) is 21.2 Å². The molecule has 0 aromatic heterocycles. The van der Waals surface area contributed by atoms with Gasteiger partial charge in [0.1, 0.15) is 5.02 Å². The highest BCUT2D eigenvalue weighted by molar-refractivity contribution is 7.92. The molecule has 3 rings (SSSR count). The van der Waals surface area contributed by atoms with Gasteiger partial charge in [-0.25, -0.2) is 8.42 Å². The third kappa shape index (κ3) is 5.28. The van der Waals surface area contributed by atoms with E-state index >= 15 is 0 Å². The summed E-state index contributed by atoms with van der Waals surface area (Å²) in [7, 11) is -3.77. The zero-order chi connectivity index (χ0) is 22.8. The van der Waals surface area contributed by atoms with E-state index in [1.807, 2.05) is 32.9 Å². The van der Waals surface area contributed by atoms with Gasteiger partial charge in [-0.3, -0.25) is 19.8 Å². The molecule has 0 saturated carbocycles. The predicted molar refractivity (Wildman–Crippen MR) is 123 cm³/mol. The molecule has 0 amide bonds. The smallest absolute Gasteiger partial charge is 0.279 e. The topological polar surface area (TPSA) is 102 Å². The van der Waals surface area contributed by atoms with Gasteiger partial charge in [0.15, 0.2) is 0 Å². The molecule has 7 nitrogen and oxygen atoms in total. The first-order valence-corrected chi connectivity index (χ1v) is 11.1. The molecule has 0 aliphatic carbocycles. The minimum Gasteiger partial charge on any atom is -0.279 e. The summed E-state index contributed by atoms with van der Waals surface area (Å²) in [5, 5.41) is 11.0. The van der Waals surface area contributed by atoms with Crippen molar-refractivity contribution in [1.82, 2.24) is 0 Å². The number of hydrogen-bond acceptors (Lipinski definition) is 5. The second-order valence-electron chi connectivity index (χ2n) is 7.10. The summed E-state index contributed by atoms with van der Waals surface area (Å²) in [6.45, 7) is 5.67. The van der Waals surface area contributed by atoms with Crippen LogP contribution >= 0.6 is 11.6 Å². The number of nitro benzene ring substituents is 1. The predicted octanol–water partition coefficient (Wildman–Crippen LogP) is 5.72. The molecular weight excluding hydrogens is 438 g/mol. The van der Waals surface area contributed by atoms with Crippen molar-refractivity contribution >= 4 is 44.9 Å². The Labute approximate surface area is 185 Å². The molecular formula is C22H20ClN3O4S. The van der Waals surface area contributed by atoms with Crippen LogP contribution in [0.4, 0.5) is 17.1 Å². The largest absolute Gasteiger partial charge is 0.288 e. The maximum atomic E-state index is 12.8. The molecule has 0 unspecified atom stereocenters. The molecule has 0 heterocycles. The van der Waals surface area contributed by atoms with Crippen LogP contribution in [-0.4, -0.2) is 19.6 Å². The molecule has 0 atom stereocenters. The van der Waals surface area contributed by atoms with Gasteiger partial charge >= 0.3 is 0 Å². The fraction of sp³-hybridized carbons (Fsp3) is 0.136. The number of aliphatic imine (C=N–C) groups is 1. The lowest BCUT2D eigenvalue weighted by molar-refractivity contribution is -0.384. The van der Waals surface area contributed by atoms with Crippen LogP contribution in [0, 0.1) is 30.9 Å². The van der Waals surface area contributed by atoms with E-state index < -0.39 is 14.9 Å². The fourth-order valence-electron chi connectivity index (χ4n) is 3.14. The summed E-state index contributed by atoms with van der Waals surface area (Å²) in [6.07, 6.45) is 1.45. The standard InChI is InChI=1S/C22H20ClN3O4S/c1-14-10-15(2)22(16(3)11-14)25-31(29,30)19-7-5-18(6-8-19)24-13-17-4-9-20(23)21(12-17)26(27)28/h4-13,25H,1-3H3. The van der Waals surface area contributed by atoms with Gasteiger partial charge in [-0.15, -0.1) is 0 Å². The van der Waals surface area contributed by atoms with Crippen LogP contribution < -0.4 is 4.72 Å². The minimum atomic E-state index is -3.77. The summed E-state index contributed by atoms with van der Waals surface area (Å²) in [5.74, 6) is 0. The molecule has 0 bridgehead atoms. The van der Waals surface area contributed by atoms with Gasteiger partial charge in [0, 0.05) is 12.3 Å². The van der Waals surface area contributed by atoms with E-state index in [4.69, 9.17) is 11.6 Å². The van der Waals surface area contributed by atoms with Crippen LogP contribution in [0.15, 0.2) is 64.5 Å². The van der Waals surface area contributed by atoms with Crippen molar-refractivity contribution in [2.75, 3.05) is 4.72 Å². The number of rotatable bonds is 6. The summed E-state index contributed by atoms with van der Waals surface area (Å²) in [4.78, 5) is 14.8. The number of halogens is 1. The van der Waals surface area contributed by atoms with Gasteiger partial charge < -0.3 is 0 Å². The number of benzene rings is 3. The van der Waals surface area contributed by atoms with Gasteiger partial charge in [0.25, 0.3) is 15.7 Å². The Hall–Kier alpha value is -3.23. The van der Waals surface area contributed by atoms with Crippen molar-refractivity contribution < 1.29 is 13.3 Å². The molecule has 0 spiro atoms. The number of aryl methyl sites for hydroxylation is 3. The van der Waals surface area contributed by atoms with Crippen LogP contribution in [-0.2, 0) is 10.0 Å². The molecule has 0 radical (unpaired) electrons. The third-order valence-corrected chi connectivity index (χ3v) is 6.28. The maximum absolute atomic E-state index is 12.8.